The van der Waals surface area contributed by atoms with Gasteiger partial charge in [0.1, 0.15) is 5.03 Å². The number of fused-ring (bicyclic) bond motifs is 1. The minimum Gasteiger partial charge on any atom is -0.325 e. The van der Waals surface area contributed by atoms with Gasteiger partial charge in [-0.25, -0.2) is 4.79 Å². The highest BCUT2D eigenvalue weighted by Crippen LogP contribution is 2.29. The number of carbonyl (C=O) groups excluding carboxylic acids is 1. The summed E-state index contributed by atoms with van der Waals surface area (Å²) in [7, 11) is 0. The fraction of sp³-hybridized carbons (Fsp3) is 0.273. The Balaban J connectivity index is 1.49. The fourth-order valence-electron chi connectivity index (χ4n) is 3.49. The van der Waals surface area contributed by atoms with Crippen LogP contribution in [0.3, 0.4) is 0 Å². The molecular formula is C22H22N4O2S. The van der Waals surface area contributed by atoms with Crippen LogP contribution in [0.5, 0.6) is 0 Å². The van der Waals surface area contributed by atoms with E-state index in [1.807, 2.05) is 49.4 Å². The van der Waals surface area contributed by atoms with Crippen LogP contribution in [-0.2, 0) is 24.2 Å². The maximum Gasteiger partial charge on any atom is 0.349 e. The van der Waals surface area contributed by atoms with Gasteiger partial charge in [-0.2, -0.15) is 4.98 Å². The fourth-order valence-corrected chi connectivity index (χ4v) is 4.37. The van der Waals surface area contributed by atoms with Crippen LogP contribution in [-0.4, -0.2) is 26.2 Å². The lowest BCUT2D eigenvalue weighted by Crippen LogP contribution is -2.28. The van der Waals surface area contributed by atoms with Crippen molar-refractivity contribution in [2.24, 2.45) is 0 Å². The number of amides is 1. The van der Waals surface area contributed by atoms with E-state index in [1.165, 1.54) is 11.8 Å². The number of thioether (sulfide) groups is 1. The van der Waals surface area contributed by atoms with Gasteiger partial charge in [-0.3, -0.25) is 14.3 Å². The van der Waals surface area contributed by atoms with Crippen molar-refractivity contribution >= 4 is 23.4 Å². The first kappa shape index (κ1) is 19.4. The number of hydrogen-bond donors (Lipinski definition) is 1. The van der Waals surface area contributed by atoms with E-state index < -0.39 is 0 Å². The van der Waals surface area contributed by atoms with Gasteiger partial charge in [0.2, 0.25) is 5.91 Å². The molecule has 6 nitrogen and oxygen atoms in total. The summed E-state index contributed by atoms with van der Waals surface area (Å²) in [6.45, 7) is 2.43. The molecule has 1 amide bonds. The summed E-state index contributed by atoms with van der Waals surface area (Å²) in [5, 5.41) is 3.57. The summed E-state index contributed by atoms with van der Waals surface area (Å²) < 4.78 is 1.72. The smallest absolute Gasteiger partial charge is 0.325 e. The van der Waals surface area contributed by atoms with Crippen molar-refractivity contribution < 1.29 is 4.79 Å². The summed E-state index contributed by atoms with van der Waals surface area (Å²) in [4.78, 5) is 33.6. The predicted molar refractivity (Wildman–Crippen MR) is 114 cm³/mol. The van der Waals surface area contributed by atoms with Crippen LogP contribution in [0.2, 0.25) is 0 Å². The van der Waals surface area contributed by atoms with Crippen molar-refractivity contribution in [2.75, 3.05) is 11.1 Å². The third kappa shape index (κ3) is 4.56. The largest absolute Gasteiger partial charge is 0.349 e. The lowest BCUT2D eigenvalue weighted by atomic mass is 10.2. The zero-order chi connectivity index (χ0) is 20.2. The topological polar surface area (TPSA) is 76.9 Å². The Morgan fingerprint density at radius 2 is 2.00 bits per heavy atom. The van der Waals surface area contributed by atoms with E-state index in [0.717, 1.165) is 47.5 Å². The Labute approximate surface area is 173 Å². The Bertz CT molecular complexity index is 1080. The van der Waals surface area contributed by atoms with Crippen molar-refractivity contribution in [1.82, 2.24) is 14.5 Å². The molecule has 148 valence electrons. The van der Waals surface area contributed by atoms with E-state index in [9.17, 15) is 9.59 Å². The molecule has 1 aromatic carbocycles. The minimum absolute atomic E-state index is 0.106. The van der Waals surface area contributed by atoms with Crippen LogP contribution >= 0.6 is 11.8 Å². The molecule has 0 aliphatic heterocycles. The number of aryl methyl sites for hydroxylation is 1. The molecule has 0 radical (unpaired) electrons. The molecule has 0 bridgehead atoms. The Morgan fingerprint density at radius 3 is 2.76 bits per heavy atom. The number of carbonyl (C=O) groups is 1. The van der Waals surface area contributed by atoms with Gasteiger partial charge in [0.25, 0.3) is 0 Å². The average Bonchev–Trinajstić information content (AvgIpc) is 3.21. The second-order valence-electron chi connectivity index (χ2n) is 7.09. The van der Waals surface area contributed by atoms with Gasteiger partial charge in [0.05, 0.1) is 18.0 Å². The van der Waals surface area contributed by atoms with Gasteiger partial charge in [-0.15, -0.1) is 0 Å². The lowest BCUT2D eigenvalue weighted by Gasteiger charge is -2.14. The van der Waals surface area contributed by atoms with Crippen molar-refractivity contribution in [2.45, 2.75) is 37.8 Å². The van der Waals surface area contributed by atoms with Crippen molar-refractivity contribution in [1.29, 1.82) is 0 Å². The van der Waals surface area contributed by atoms with E-state index in [2.05, 4.69) is 15.3 Å². The number of nitrogens with one attached hydrogen (secondary N) is 1. The number of pyridine rings is 1. The number of hydrogen-bond acceptors (Lipinski definition) is 5. The molecule has 1 aliphatic rings. The molecule has 1 aliphatic carbocycles. The normalized spacial score (nSPS) is 12.6. The summed E-state index contributed by atoms with van der Waals surface area (Å²) >= 11 is 1.33. The van der Waals surface area contributed by atoms with Gasteiger partial charge >= 0.3 is 5.69 Å². The molecule has 4 rings (SSSR count). The molecule has 0 unspecified atom stereocenters. The lowest BCUT2D eigenvalue weighted by molar-refractivity contribution is -0.113. The Hall–Kier alpha value is -2.93. The zero-order valence-electron chi connectivity index (χ0n) is 16.2. The van der Waals surface area contributed by atoms with E-state index in [-0.39, 0.29) is 17.3 Å². The monoisotopic (exact) mass is 406 g/mol. The summed E-state index contributed by atoms with van der Waals surface area (Å²) in [6, 6.07) is 13.4. The standard InChI is InChI=1S/C22H22N4O2S/c1-15-8-10-16(11-9-15)24-20(27)14-29-21-18-6-4-7-19(18)26(22(28)25-21)13-17-5-2-3-12-23-17/h2-3,5,8-12H,4,6-7,13-14H2,1H3,(H,24,27). The second-order valence-corrected chi connectivity index (χ2v) is 8.05. The minimum atomic E-state index is -0.280. The number of anilines is 1. The van der Waals surface area contributed by atoms with Crippen molar-refractivity contribution in [3.8, 4) is 0 Å². The van der Waals surface area contributed by atoms with E-state index in [4.69, 9.17) is 0 Å². The molecule has 1 N–H and O–H groups in total. The third-order valence-corrected chi connectivity index (χ3v) is 5.94. The van der Waals surface area contributed by atoms with Gasteiger partial charge < -0.3 is 5.32 Å². The molecule has 29 heavy (non-hydrogen) atoms. The van der Waals surface area contributed by atoms with Gasteiger partial charge in [0, 0.05) is 23.1 Å². The zero-order valence-corrected chi connectivity index (χ0v) is 17.0. The van der Waals surface area contributed by atoms with E-state index in [0.29, 0.717) is 11.6 Å². The molecule has 2 aromatic heterocycles. The Kier molecular flexibility index (Phi) is 5.76. The number of rotatable bonds is 6. The first-order valence-corrected chi connectivity index (χ1v) is 10.6. The molecule has 3 aromatic rings. The highest BCUT2D eigenvalue weighted by molar-refractivity contribution is 8.00. The molecule has 0 fully saturated rings. The van der Waals surface area contributed by atoms with E-state index in [1.54, 1.807) is 10.8 Å². The quantitative estimate of drug-likeness (QED) is 0.502. The number of benzene rings is 1. The maximum absolute atomic E-state index is 12.7. The highest BCUT2D eigenvalue weighted by Gasteiger charge is 2.22. The predicted octanol–water partition coefficient (Wildman–Crippen LogP) is 3.21. The van der Waals surface area contributed by atoms with E-state index >= 15 is 0 Å². The van der Waals surface area contributed by atoms with Crippen molar-refractivity contribution in [3.05, 3.63) is 81.7 Å². The summed E-state index contributed by atoms with van der Waals surface area (Å²) in [5.41, 5.74) is 4.58. The van der Waals surface area contributed by atoms with Crippen molar-refractivity contribution in [3.63, 3.8) is 0 Å². The molecule has 0 atom stereocenters. The first-order chi connectivity index (χ1) is 14.1. The second kappa shape index (κ2) is 8.61. The molecular weight excluding hydrogens is 384 g/mol. The van der Waals surface area contributed by atoms with Crippen LogP contribution in [0, 0.1) is 6.92 Å². The molecule has 0 saturated heterocycles. The first-order valence-electron chi connectivity index (χ1n) is 9.62. The van der Waals surface area contributed by atoms with Crippen LogP contribution in [0.25, 0.3) is 0 Å². The van der Waals surface area contributed by atoms with Crippen LogP contribution in [0.4, 0.5) is 5.69 Å². The van der Waals surface area contributed by atoms with Gasteiger partial charge in [-0.05, 0) is 50.5 Å². The summed E-state index contributed by atoms with van der Waals surface area (Å²) in [6.07, 6.45) is 4.45. The van der Waals surface area contributed by atoms with Crippen LogP contribution in [0.1, 0.15) is 28.9 Å². The molecule has 0 saturated carbocycles. The number of nitrogens with zero attached hydrogens (tertiary/aromatic N) is 3. The third-order valence-electron chi connectivity index (χ3n) is 4.92. The molecule has 7 heteroatoms. The summed E-state index contributed by atoms with van der Waals surface area (Å²) in [5.74, 6) is 0.113. The highest BCUT2D eigenvalue weighted by atomic mass is 32.2. The average molecular weight is 407 g/mol. The maximum atomic E-state index is 12.7. The van der Waals surface area contributed by atoms with Crippen LogP contribution in [0.15, 0.2) is 58.5 Å². The van der Waals surface area contributed by atoms with Gasteiger partial charge in [0.15, 0.2) is 0 Å². The van der Waals surface area contributed by atoms with Gasteiger partial charge in [-0.1, -0.05) is 35.5 Å². The number of aromatic nitrogens is 3. The molecule has 0 spiro atoms. The Morgan fingerprint density at radius 1 is 1.17 bits per heavy atom. The SMILES string of the molecule is Cc1ccc(NC(=O)CSc2nc(=O)n(Cc3ccccn3)c3c2CCC3)cc1. The van der Waals surface area contributed by atoms with Crippen LogP contribution < -0.4 is 11.0 Å². The molecule has 2 heterocycles.